The number of hydrogen-bond acceptors (Lipinski definition) is 6. The van der Waals surface area contributed by atoms with E-state index >= 15 is 0 Å². The van der Waals surface area contributed by atoms with Crippen molar-refractivity contribution in [1.82, 2.24) is 9.97 Å². The molecule has 0 unspecified atom stereocenters. The van der Waals surface area contributed by atoms with E-state index in [1.54, 1.807) is 0 Å². The van der Waals surface area contributed by atoms with E-state index in [9.17, 15) is 18.5 Å². The van der Waals surface area contributed by atoms with E-state index in [0.29, 0.717) is 0 Å². The summed E-state index contributed by atoms with van der Waals surface area (Å²) in [7, 11) is -2.57. The second kappa shape index (κ2) is 5.17. The predicted octanol–water partition coefficient (Wildman–Crippen LogP) is 1.13. The van der Waals surface area contributed by atoms with Gasteiger partial charge >= 0.3 is 0 Å². The third kappa shape index (κ3) is 2.69. The molecule has 20 heavy (non-hydrogen) atoms. The molecule has 0 aliphatic carbocycles. The zero-order valence-electron chi connectivity index (χ0n) is 10.2. The Morgan fingerprint density at radius 2 is 2.20 bits per heavy atom. The van der Waals surface area contributed by atoms with Gasteiger partial charge in [0.25, 0.3) is 15.7 Å². The van der Waals surface area contributed by atoms with Gasteiger partial charge in [0.1, 0.15) is 5.75 Å². The molecular weight excluding hydrogens is 288 g/mol. The largest absolute Gasteiger partial charge is 0.494 e. The molecule has 0 spiro atoms. The van der Waals surface area contributed by atoms with Crippen molar-refractivity contribution >= 4 is 21.4 Å². The Hall–Kier alpha value is -2.62. The van der Waals surface area contributed by atoms with Crippen LogP contribution in [-0.4, -0.2) is 30.4 Å². The summed E-state index contributed by atoms with van der Waals surface area (Å²) in [4.78, 5) is 16.1. The smallest absolute Gasteiger partial charge is 0.279 e. The van der Waals surface area contributed by atoms with E-state index in [1.165, 1.54) is 25.6 Å². The topological polar surface area (TPSA) is 127 Å². The number of sulfonamides is 1. The molecule has 0 saturated carbocycles. The minimum absolute atomic E-state index is 0.0438. The SMILES string of the molecule is COc1cc([N+](=O)[O-])ccc1NS(=O)(=O)c1cnc[nH]1. The van der Waals surface area contributed by atoms with Gasteiger partial charge in [-0.3, -0.25) is 14.8 Å². The number of nitro benzene ring substituents is 1. The average Bonchev–Trinajstić information content (AvgIpc) is 2.93. The molecule has 2 N–H and O–H groups in total. The van der Waals surface area contributed by atoms with Gasteiger partial charge in [-0.05, 0) is 6.07 Å². The first-order valence-corrected chi connectivity index (χ1v) is 6.76. The number of methoxy groups -OCH3 is 1. The Kier molecular flexibility index (Phi) is 3.57. The maximum atomic E-state index is 12.0. The van der Waals surface area contributed by atoms with E-state index in [2.05, 4.69) is 14.7 Å². The highest BCUT2D eigenvalue weighted by molar-refractivity contribution is 7.92. The van der Waals surface area contributed by atoms with Gasteiger partial charge in [0.15, 0.2) is 5.03 Å². The van der Waals surface area contributed by atoms with Crippen molar-refractivity contribution in [2.45, 2.75) is 5.03 Å². The van der Waals surface area contributed by atoms with Crippen LogP contribution in [0.1, 0.15) is 0 Å². The zero-order chi connectivity index (χ0) is 14.8. The molecule has 1 aromatic carbocycles. The summed E-state index contributed by atoms with van der Waals surface area (Å²) in [6.45, 7) is 0. The van der Waals surface area contributed by atoms with Gasteiger partial charge in [0.05, 0.1) is 36.3 Å². The van der Waals surface area contributed by atoms with E-state index in [-0.39, 0.29) is 22.2 Å². The van der Waals surface area contributed by atoms with Crippen LogP contribution in [0.15, 0.2) is 35.7 Å². The summed E-state index contributed by atoms with van der Waals surface area (Å²) < 4.78 is 31.2. The molecule has 10 heteroatoms. The molecule has 0 fully saturated rings. The highest BCUT2D eigenvalue weighted by atomic mass is 32.2. The molecular formula is C10H10N4O5S. The average molecular weight is 298 g/mol. The van der Waals surface area contributed by atoms with Crippen molar-refractivity contribution in [3.63, 3.8) is 0 Å². The van der Waals surface area contributed by atoms with Gasteiger partial charge in [-0.25, -0.2) is 4.98 Å². The molecule has 2 aromatic rings. The van der Waals surface area contributed by atoms with Crippen LogP contribution in [0.25, 0.3) is 0 Å². The van der Waals surface area contributed by atoms with E-state index in [4.69, 9.17) is 4.74 Å². The minimum atomic E-state index is -3.85. The predicted molar refractivity (Wildman–Crippen MR) is 69.0 cm³/mol. The molecule has 1 heterocycles. The van der Waals surface area contributed by atoms with E-state index in [0.717, 1.165) is 12.3 Å². The monoisotopic (exact) mass is 298 g/mol. The summed E-state index contributed by atoms with van der Waals surface area (Å²) in [5.41, 5.74) is -0.112. The van der Waals surface area contributed by atoms with Crippen LogP contribution in [-0.2, 0) is 10.0 Å². The van der Waals surface area contributed by atoms with Crippen molar-refractivity contribution < 1.29 is 18.1 Å². The Morgan fingerprint density at radius 1 is 1.45 bits per heavy atom. The van der Waals surface area contributed by atoms with Crippen LogP contribution in [0.2, 0.25) is 0 Å². The lowest BCUT2D eigenvalue weighted by atomic mass is 10.2. The number of non-ortho nitro benzene ring substituents is 1. The van der Waals surface area contributed by atoms with Crippen LogP contribution in [0, 0.1) is 10.1 Å². The maximum absolute atomic E-state index is 12.0. The Balaban J connectivity index is 2.37. The number of nitrogens with one attached hydrogen (secondary N) is 2. The van der Waals surface area contributed by atoms with Crippen molar-refractivity contribution in [1.29, 1.82) is 0 Å². The number of rotatable bonds is 5. The molecule has 0 atom stereocenters. The highest BCUT2D eigenvalue weighted by Gasteiger charge is 2.19. The van der Waals surface area contributed by atoms with Crippen LogP contribution in [0.3, 0.4) is 0 Å². The van der Waals surface area contributed by atoms with Gasteiger partial charge in [-0.2, -0.15) is 8.42 Å². The number of aromatic nitrogens is 2. The van der Waals surface area contributed by atoms with Gasteiger partial charge in [-0.1, -0.05) is 0 Å². The van der Waals surface area contributed by atoms with Crippen LogP contribution in [0.4, 0.5) is 11.4 Å². The standard InChI is InChI=1S/C10H10N4O5S/c1-19-9-4-7(14(15)16)2-3-8(9)13-20(17,18)10-5-11-6-12-10/h2-6,13H,1H3,(H,11,12). The summed E-state index contributed by atoms with van der Waals surface area (Å²) >= 11 is 0. The van der Waals surface area contributed by atoms with Gasteiger partial charge < -0.3 is 9.72 Å². The molecule has 0 bridgehead atoms. The summed E-state index contributed by atoms with van der Waals surface area (Å²) in [5, 5.41) is 10.5. The number of ether oxygens (including phenoxy) is 1. The normalized spacial score (nSPS) is 11.1. The fraction of sp³-hybridized carbons (Fsp3) is 0.100. The van der Waals surface area contributed by atoms with Crippen LogP contribution >= 0.6 is 0 Å². The number of benzene rings is 1. The lowest BCUT2D eigenvalue weighted by molar-refractivity contribution is -0.384. The molecule has 106 valence electrons. The highest BCUT2D eigenvalue weighted by Crippen LogP contribution is 2.30. The molecule has 9 nitrogen and oxygen atoms in total. The first-order chi connectivity index (χ1) is 9.44. The number of H-pyrrole nitrogens is 1. The molecule has 2 rings (SSSR count). The van der Waals surface area contributed by atoms with Crippen LogP contribution < -0.4 is 9.46 Å². The fourth-order valence-electron chi connectivity index (χ4n) is 1.47. The number of aromatic amines is 1. The van der Waals surface area contributed by atoms with Crippen molar-refractivity contribution in [2.75, 3.05) is 11.8 Å². The summed E-state index contributed by atoms with van der Waals surface area (Å²) in [6, 6.07) is 3.56. The lowest BCUT2D eigenvalue weighted by Gasteiger charge is -2.10. The number of imidazole rings is 1. The van der Waals surface area contributed by atoms with Gasteiger partial charge in [0, 0.05) is 6.07 Å². The molecule has 1 aromatic heterocycles. The Labute approximate surface area is 113 Å². The summed E-state index contributed by atoms with van der Waals surface area (Å²) in [5.74, 6) is 0.0438. The third-order valence-electron chi connectivity index (χ3n) is 2.40. The lowest BCUT2D eigenvalue weighted by Crippen LogP contribution is -2.14. The fourth-order valence-corrected chi connectivity index (χ4v) is 2.44. The van der Waals surface area contributed by atoms with Gasteiger partial charge in [-0.15, -0.1) is 0 Å². The van der Waals surface area contributed by atoms with Crippen molar-refractivity contribution in [3.8, 4) is 5.75 Å². The first kappa shape index (κ1) is 13.8. The molecule has 0 aliphatic heterocycles. The zero-order valence-corrected chi connectivity index (χ0v) is 11.0. The number of nitro groups is 1. The molecule has 0 amide bonds. The van der Waals surface area contributed by atoms with Crippen molar-refractivity contribution in [2.24, 2.45) is 0 Å². The molecule has 0 saturated heterocycles. The second-order valence-corrected chi connectivity index (χ2v) is 5.31. The number of nitrogens with zero attached hydrogens (tertiary/aromatic N) is 2. The number of anilines is 1. The third-order valence-corrected chi connectivity index (χ3v) is 3.69. The Morgan fingerprint density at radius 3 is 2.75 bits per heavy atom. The minimum Gasteiger partial charge on any atom is -0.494 e. The van der Waals surface area contributed by atoms with Crippen molar-refractivity contribution in [3.05, 3.63) is 40.8 Å². The Bertz CT molecular complexity index is 726. The second-order valence-electron chi connectivity index (χ2n) is 3.66. The number of hydrogen-bond donors (Lipinski definition) is 2. The van der Waals surface area contributed by atoms with Gasteiger partial charge in [0.2, 0.25) is 0 Å². The molecule has 0 aliphatic rings. The first-order valence-electron chi connectivity index (χ1n) is 5.27. The van der Waals surface area contributed by atoms with Crippen LogP contribution in [0.5, 0.6) is 5.75 Å². The maximum Gasteiger partial charge on any atom is 0.279 e. The summed E-state index contributed by atoms with van der Waals surface area (Å²) in [6.07, 6.45) is 2.36. The van der Waals surface area contributed by atoms with E-state index in [1.807, 2.05) is 0 Å². The molecule has 0 radical (unpaired) electrons. The van der Waals surface area contributed by atoms with E-state index < -0.39 is 14.9 Å². The quantitative estimate of drug-likeness (QED) is 0.629.